The number of ether oxygens (including phenoxy) is 6. The molecule has 0 aromatic heterocycles. The van der Waals surface area contributed by atoms with Crippen LogP contribution in [0.4, 0.5) is 9.59 Å². The third kappa shape index (κ3) is 13.8. The van der Waals surface area contributed by atoms with Gasteiger partial charge in [-0.05, 0) is 11.8 Å². The van der Waals surface area contributed by atoms with Gasteiger partial charge in [-0.25, -0.2) is 14.4 Å². The van der Waals surface area contributed by atoms with Crippen LogP contribution in [-0.2, 0) is 42.8 Å². The van der Waals surface area contributed by atoms with Crippen LogP contribution < -0.4 is 5.32 Å². The fraction of sp³-hybridized carbons (Fsp3) is 0.762. The van der Waals surface area contributed by atoms with Gasteiger partial charge in [0.05, 0.1) is 25.0 Å². The number of hydrogen-bond acceptors (Lipinski definition) is 13. The number of nitrogens with one attached hydrogen (secondary N) is 1. The molecule has 0 aromatic rings. The van der Waals surface area contributed by atoms with Crippen LogP contribution in [-0.4, -0.2) is 99.0 Å². The first kappa shape index (κ1) is 30.5. The molecule has 35 heavy (non-hydrogen) atoms. The van der Waals surface area contributed by atoms with Gasteiger partial charge in [0.25, 0.3) is 0 Å². The molecule has 1 heterocycles. The molecule has 1 saturated heterocycles. The lowest BCUT2D eigenvalue weighted by Gasteiger charge is -2.26. The van der Waals surface area contributed by atoms with Crippen molar-refractivity contribution in [3.63, 3.8) is 0 Å². The van der Waals surface area contributed by atoms with Crippen molar-refractivity contribution in [2.75, 3.05) is 58.8 Å². The minimum atomic E-state index is -1.26. The van der Waals surface area contributed by atoms with Crippen molar-refractivity contribution in [2.24, 2.45) is 11.8 Å². The topological polar surface area (TPSA) is 156 Å². The van der Waals surface area contributed by atoms with Crippen molar-refractivity contribution in [2.45, 2.75) is 33.7 Å². The standard InChI is InChI=1S/C21H34N2O11S/c1-14(2)17(24)31-12-33-20(27)22-16(11-35-21(28)34-13-32-18(25)15(3)4)19(26)30-10-7-23-5-8-29-9-6-23/h14-16H,5-13H2,1-4H3,(H,22,27)/t16-/m0/s1. The maximum absolute atomic E-state index is 12.5. The Labute approximate surface area is 208 Å². The number of morpholine rings is 1. The van der Waals surface area contributed by atoms with E-state index in [1.54, 1.807) is 27.7 Å². The predicted molar refractivity (Wildman–Crippen MR) is 122 cm³/mol. The first-order chi connectivity index (χ1) is 16.6. The highest BCUT2D eigenvalue weighted by atomic mass is 32.2. The summed E-state index contributed by atoms with van der Waals surface area (Å²) >= 11 is 0.573. The van der Waals surface area contributed by atoms with Gasteiger partial charge in [-0.15, -0.1) is 0 Å². The Balaban J connectivity index is 2.53. The number of nitrogens with zero attached hydrogens (tertiary/aromatic N) is 1. The molecule has 1 rings (SSSR count). The summed E-state index contributed by atoms with van der Waals surface area (Å²) in [5.41, 5.74) is 0. The summed E-state index contributed by atoms with van der Waals surface area (Å²) in [5.74, 6) is -2.92. The molecule has 1 aliphatic heterocycles. The molecule has 0 spiro atoms. The van der Waals surface area contributed by atoms with E-state index in [4.69, 9.17) is 28.4 Å². The monoisotopic (exact) mass is 522 g/mol. The lowest BCUT2D eigenvalue weighted by molar-refractivity contribution is -0.156. The average Bonchev–Trinajstić information content (AvgIpc) is 2.81. The van der Waals surface area contributed by atoms with Crippen LogP contribution in [0, 0.1) is 11.8 Å². The average molecular weight is 523 g/mol. The molecule has 200 valence electrons. The van der Waals surface area contributed by atoms with Gasteiger partial charge in [0.2, 0.25) is 13.6 Å². The van der Waals surface area contributed by atoms with Crippen molar-refractivity contribution in [3.05, 3.63) is 0 Å². The SMILES string of the molecule is CC(C)C(=O)OCOC(=O)N[C@@H](CSC(=O)OCOC(=O)C(C)C)C(=O)OCCN1CCOCC1. The second-order valence-corrected chi connectivity index (χ2v) is 8.88. The highest BCUT2D eigenvalue weighted by Crippen LogP contribution is 2.10. The number of rotatable bonds is 13. The molecule has 0 aliphatic carbocycles. The number of alkyl carbamates (subject to hydrolysis) is 1. The summed E-state index contributed by atoms with van der Waals surface area (Å²) < 4.78 is 29.5. The summed E-state index contributed by atoms with van der Waals surface area (Å²) in [6.45, 7) is 8.43. The second kappa shape index (κ2) is 16.9. The van der Waals surface area contributed by atoms with Crippen LogP contribution in [0.25, 0.3) is 0 Å². The lowest BCUT2D eigenvalue weighted by Crippen LogP contribution is -2.45. The van der Waals surface area contributed by atoms with Crippen molar-refractivity contribution >= 4 is 41.1 Å². The van der Waals surface area contributed by atoms with Crippen LogP contribution in [0.15, 0.2) is 0 Å². The molecule has 13 nitrogen and oxygen atoms in total. The zero-order valence-electron chi connectivity index (χ0n) is 20.4. The molecule has 14 heteroatoms. The van der Waals surface area contributed by atoms with Crippen molar-refractivity contribution in [3.8, 4) is 0 Å². The van der Waals surface area contributed by atoms with E-state index in [1.807, 2.05) is 0 Å². The van der Waals surface area contributed by atoms with Crippen molar-refractivity contribution < 1.29 is 52.4 Å². The smallest absolute Gasteiger partial charge is 0.410 e. The first-order valence-corrected chi connectivity index (χ1v) is 12.1. The van der Waals surface area contributed by atoms with Gasteiger partial charge in [-0.3, -0.25) is 14.5 Å². The summed E-state index contributed by atoms with van der Waals surface area (Å²) in [4.78, 5) is 61.4. The van der Waals surface area contributed by atoms with Crippen molar-refractivity contribution in [1.29, 1.82) is 0 Å². The molecule has 1 aliphatic rings. The molecule has 0 aromatic carbocycles. The minimum Gasteiger partial charge on any atom is -0.463 e. The number of hydrogen-bond donors (Lipinski definition) is 1. The van der Waals surface area contributed by atoms with E-state index in [2.05, 4.69) is 10.2 Å². The van der Waals surface area contributed by atoms with E-state index in [9.17, 15) is 24.0 Å². The fourth-order valence-corrected chi connectivity index (χ4v) is 3.01. The minimum absolute atomic E-state index is 0.0678. The van der Waals surface area contributed by atoms with Gasteiger partial charge < -0.3 is 33.7 Å². The van der Waals surface area contributed by atoms with Crippen LogP contribution in [0.2, 0.25) is 0 Å². The van der Waals surface area contributed by atoms with Crippen LogP contribution in [0.1, 0.15) is 27.7 Å². The molecule has 0 saturated carbocycles. The largest absolute Gasteiger partial charge is 0.463 e. The van der Waals surface area contributed by atoms with Gasteiger partial charge in [-0.1, -0.05) is 27.7 Å². The van der Waals surface area contributed by atoms with Gasteiger partial charge in [-0.2, -0.15) is 0 Å². The molecule has 1 fully saturated rings. The number of carbonyl (C=O) groups excluding carboxylic acids is 5. The number of amides is 1. The highest BCUT2D eigenvalue weighted by Gasteiger charge is 2.26. The Kier molecular flexibility index (Phi) is 14.7. The van der Waals surface area contributed by atoms with E-state index in [0.29, 0.717) is 44.6 Å². The molecular formula is C21H34N2O11S. The predicted octanol–water partition coefficient (Wildman–Crippen LogP) is 1.14. The molecule has 0 radical (unpaired) electrons. The van der Waals surface area contributed by atoms with Crippen LogP contribution in [0.3, 0.4) is 0 Å². The van der Waals surface area contributed by atoms with E-state index < -0.39 is 54.8 Å². The Morgan fingerprint density at radius 1 is 0.829 bits per heavy atom. The van der Waals surface area contributed by atoms with Gasteiger partial charge >= 0.3 is 29.3 Å². The molecule has 0 unspecified atom stereocenters. The quantitative estimate of drug-likeness (QED) is 0.209. The van der Waals surface area contributed by atoms with E-state index >= 15 is 0 Å². The summed E-state index contributed by atoms with van der Waals surface area (Å²) in [6, 6.07) is -1.26. The van der Waals surface area contributed by atoms with E-state index in [1.165, 1.54) is 0 Å². The zero-order valence-corrected chi connectivity index (χ0v) is 21.3. The fourth-order valence-electron chi connectivity index (χ4n) is 2.36. The molecular weight excluding hydrogens is 488 g/mol. The van der Waals surface area contributed by atoms with Gasteiger partial charge in [0.15, 0.2) is 0 Å². The second-order valence-electron chi connectivity index (χ2n) is 7.93. The normalized spacial score (nSPS) is 14.7. The summed E-state index contributed by atoms with van der Waals surface area (Å²) in [7, 11) is 0. The Hall–Kier alpha value is -2.58. The summed E-state index contributed by atoms with van der Waals surface area (Å²) in [5, 5.41) is 1.45. The molecule has 1 atom stereocenters. The Bertz CT molecular complexity index is 711. The number of carbonyl (C=O) groups is 5. The van der Waals surface area contributed by atoms with E-state index in [-0.39, 0.29) is 18.3 Å². The third-order valence-corrected chi connectivity index (χ3v) is 5.27. The van der Waals surface area contributed by atoms with E-state index in [0.717, 1.165) is 0 Å². The van der Waals surface area contributed by atoms with Gasteiger partial charge in [0, 0.05) is 25.4 Å². The lowest BCUT2D eigenvalue weighted by atomic mass is 10.2. The molecule has 1 N–H and O–H groups in total. The maximum Gasteiger partial charge on any atom is 0.410 e. The third-order valence-electron chi connectivity index (χ3n) is 4.41. The first-order valence-electron chi connectivity index (χ1n) is 11.1. The Morgan fingerprint density at radius 2 is 1.40 bits per heavy atom. The number of thioether (sulfide) groups is 1. The Morgan fingerprint density at radius 3 is 1.97 bits per heavy atom. The molecule has 1 amide bonds. The van der Waals surface area contributed by atoms with Gasteiger partial charge in [0.1, 0.15) is 12.6 Å². The maximum atomic E-state index is 12.5. The zero-order chi connectivity index (χ0) is 26.2. The molecule has 0 bridgehead atoms. The summed E-state index contributed by atoms with van der Waals surface area (Å²) in [6.07, 6.45) is -1.04. The van der Waals surface area contributed by atoms with Crippen LogP contribution in [0.5, 0.6) is 0 Å². The van der Waals surface area contributed by atoms with Crippen LogP contribution >= 0.6 is 11.8 Å². The highest BCUT2D eigenvalue weighted by molar-refractivity contribution is 8.13. The van der Waals surface area contributed by atoms with Crippen molar-refractivity contribution in [1.82, 2.24) is 10.2 Å². The number of esters is 3.